The Morgan fingerprint density at radius 3 is 2.53 bits per heavy atom. The molecule has 2 N–H and O–H groups in total. The van der Waals surface area contributed by atoms with Crippen LogP contribution in [0.3, 0.4) is 0 Å². The molecule has 4 nitrogen and oxygen atoms in total. The summed E-state index contributed by atoms with van der Waals surface area (Å²) in [4.78, 5) is 10.0. The van der Waals surface area contributed by atoms with Crippen LogP contribution in [0.25, 0.3) is 0 Å². The van der Waals surface area contributed by atoms with Gasteiger partial charge in [-0.1, -0.05) is 12.2 Å². The van der Waals surface area contributed by atoms with Gasteiger partial charge in [0, 0.05) is 43.5 Å². The summed E-state index contributed by atoms with van der Waals surface area (Å²) in [5, 5.41) is 0. The minimum absolute atomic E-state index is 0.448. The Hall–Kier alpha value is -1.20. The molecule has 0 atom stereocenters. The molecule has 1 aromatic heterocycles. The van der Waals surface area contributed by atoms with Gasteiger partial charge in [-0.05, 0) is 31.9 Å². The van der Waals surface area contributed by atoms with Gasteiger partial charge in [-0.15, -0.1) is 0 Å². The second kappa shape index (κ2) is 5.06. The van der Waals surface area contributed by atoms with Gasteiger partial charge in [0.15, 0.2) is 0 Å². The summed E-state index contributed by atoms with van der Waals surface area (Å²) < 4.78 is 0. The number of anilines is 1. The highest BCUT2D eigenvalue weighted by Gasteiger charge is 2.31. The summed E-state index contributed by atoms with van der Waals surface area (Å²) >= 11 is 5.07. The van der Waals surface area contributed by atoms with Gasteiger partial charge >= 0.3 is 0 Å². The van der Waals surface area contributed by atoms with E-state index in [0.717, 1.165) is 49.3 Å². The number of piperazine rings is 1. The molecule has 0 radical (unpaired) electrons. The maximum Gasteiger partial charge on any atom is 0.129 e. The van der Waals surface area contributed by atoms with Gasteiger partial charge in [-0.2, -0.15) is 0 Å². The second-order valence-electron chi connectivity index (χ2n) is 5.47. The summed E-state index contributed by atoms with van der Waals surface area (Å²) in [6, 6.07) is 4.83. The zero-order valence-electron chi connectivity index (χ0n) is 11.3. The zero-order valence-corrected chi connectivity index (χ0v) is 12.1. The number of aryl methyl sites for hydroxylation is 1. The Bertz CT molecular complexity index is 490. The molecule has 0 amide bonds. The van der Waals surface area contributed by atoms with Gasteiger partial charge in [0.05, 0.1) is 0 Å². The standard InChI is InChI=1S/C14H20N4S/c1-10-8-11(14(15)19)9-13(16-10)18-6-4-17(5-7-18)12-2-3-12/h8-9,12H,2-7H2,1H3,(H2,15,19). The van der Waals surface area contributed by atoms with Gasteiger partial charge in [-0.25, -0.2) is 4.98 Å². The van der Waals surface area contributed by atoms with Crippen LogP contribution in [0.1, 0.15) is 24.1 Å². The van der Waals surface area contributed by atoms with E-state index in [1.54, 1.807) is 0 Å². The van der Waals surface area contributed by atoms with Crippen molar-refractivity contribution in [3.63, 3.8) is 0 Å². The normalized spacial score (nSPS) is 20.6. The fourth-order valence-electron chi connectivity index (χ4n) is 2.71. The lowest BCUT2D eigenvalue weighted by atomic mass is 10.2. The maximum atomic E-state index is 5.73. The minimum Gasteiger partial charge on any atom is -0.389 e. The van der Waals surface area contributed by atoms with Gasteiger partial charge in [-0.3, -0.25) is 4.90 Å². The molecule has 3 rings (SSSR count). The van der Waals surface area contributed by atoms with Crippen LogP contribution in [0, 0.1) is 6.92 Å². The van der Waals surface area contributed by atoms with Gasteiger partial charge in [0.1, 0.15) is 10.8 Å². The molecule has 5 heteroatoms. The van der Waals surface area contributed by atoms with E-state index in [4.69, 9.17) is 18.0 Å². The van der Waals surface area contributed by atoms with Crippen LogP contribution in [0.15, 0.2) is 12.1 Å². The van der Waals surface area contributed by atoms with Crippen LogP contribution in [0.2, 0.25) is 0 Å². The number of nitrogens with two attached hydrogens (primary N) is 1. The topological polar surface area (TPSA) is 45.4 Å². The average Bonchev–Trinajstić information content (AvgIpc) is 3.22. The van der Waals surface area contributed by atoms with Crippen molar-refractivity contribution in [1.29, 1.82) is 0 Å². The highest BCUT2D eigenvalue weighted by molar-refractivity contribution is 7.80. The van der Waals surface area contributed by atoms with E-state index in [-0.39, 0.29) is 0 Å². The first-order valence-electron chi connectivity index (χ1n) is 6.91. The number of thiocarbonyl (C=S) groups is 1. The highest BCUT2D eigenvalue weighted by Crippen LogP contribution is 2.28. The van der Waals surface area contributed by atoms with Crippen molar-refractivity contribution in [2.45, 2.75) is 25.8 Å². The van der Waals surface area contributed by atoms with Gasteiger partial charge in [0.25, 0.3) is 0 Å². The number of rotatable bonds is 3. The zero-order chi connectivity index (χ0) is 13.4. The summed E-state index contributed by atoms with van der Waals surface area (Å²) in [5.74, 6) is 1.01. The van der Waals surface area contributed by atoms with Crippen LogP contribution in [0.4, 0.5) is 5.82 Å². The third-order valence-electron chi connectivity index (χ3n) is 3.93. The smallest absolute Gasteiger partial charge is 0.129 e. The molecular formula is C14H20N4S. The first-order valence-corrected chi connectivity index (χ1v) is 7.32. The summed E-state index contributed by atoms with van der Waals surface area (Å²) in [7, 11) is 0. The molecule has 1 aromatic rings. The van der Waals surface area contributed by atoms with Gasteiger partial charge in [0.2, 0.25) is 0 Å². The van der Waals surface area contributed by atoms with Crippen LogP contribution in [-0.2, 0) is 0 Å². The van der Waals surface area contributed by atoms with E-state index in [9.17, 15) is 0 Å². The predicted octanol–water partition coefficient (Wildman–Crippen LogP) is 1.31. The molecule has 0 aromatic carbocycles. The minimum atomic E-state index is 0.448. The van der Waals surface area contributed by atoms with E-state index in [2.05, 4.69) is 14.8 Å². The van der Waals surface area contributed by atoms with E-state index < -0.39 is 0 Å². The highest BCUT2D eigenvalue weighted by atomic mass is 32.1. The molecule has 19 heavy (non-hydrogen) atoms. The fraction of sp³-hybridized carbons (Fsp3) is 0.571. The fourth-order valence-corrected chi connectivity index (χ4v) is 2.83. The molecule has 0 bridgehead atoms. The molecule has 1 aliphatic heterocycles. The molecule has 1 saturated heterocycles. The number of hydrogen-bond acceptors (Lipinski definition) is 4. The monoisotopic (exact) mass is 276 g/mol. The quantitative estimate of drug-likeness (QED) is 0.843. The summed E-state index contributed by atoms with van der Waals surface area (Å²) in [5.41, 5.74) is 7.62. The SMILES string of the molecule is Cc1cc(C(N)=S)cc(N2CCN(C3CC3)CC2)n1. The van der Waals surface area contributed by atoms with Crippen molar-refractivity contribution in [3.8, 4) is 0 Å². The Kier molecular flexibility index (Phi) is 3.41. The number of hydrogen-bond donors (Lipinski definition) is 1. The Labute approximate surface area is 119 Å². The molecule has 2 aliphatic rings. The van der Waals surface area contributed by atoms with Crippen molar-refractivity contribution in [2.75, 3.05) is 31.1 Å². The third kappa shape index (κ3) is 2.87. The molecule has 2 heterocycles. The molecule has 1 aliphatic carbocycles. The first kappa shape index (κ1) is 12.8. The Balaban J connectivity index is 1.73. The predicted molar refractivity (Wildman–Crippen MR) is 81.7 cm³/mol. The number of pyridine rings is 1. The van der Waals surface area contributed by atoms with Crippen molar-refractivity contribution >= 4 is 23.0 Å². The summed E-state index contributed by atoms with van der Waals surface area (Å²) in [6.45, 7) is 6.37. The van der Waals surface area contributed by atoms with Crippen molar-refractivity contribution in [2.24, 2.45) is 5.73 Å². The van der Waals surface area contributed by atoms with Gasteiger partial charge < -0.3 is 10.6 Å². The van der Waals surface area contributed by atoms with Crippen LogP contribution >= 0.6 is 12.2 Å². The molecular weight excluding hydrogens is 256 g/mol. The lowest BCUT2D eigenvalue weighted by molar-refractivity contribution is 0.247. The first-order chi connectivity index (χ1) is 9.13. The molecule has 0 spiro atoms. The van der Waals surface area contributed by atoms with Crippen LogP contribution < -0.4 is 10.6 Å². The molecule has 2 fully saturated rings. The van der Waals surface area contributed by atoms with Crippen LogP contribution in [0.5, 0.6) is 0 Å². The van der Waals surface area contributed by atoms with Crippen molar-refractivity contribution < 1.29 is 0 Å². The Morgan fingerprint density at radius 1 is 1.26 bits per heavy atom. The molecule has 102 valence electrons. The van der Waals surface area contributed by atoms with Crippen molar-refractivity contribution in [3.05, 3.63) is 23.4 Å². The lowest BCUT2D eigenvalue weighted by Gasteiger charge is -2.35. The van der Waals surface area contributed by atoms with Crippen LogP contribution in [-0.4, -0.2) is 47.1 Å². The maximum absolute atomic E-state index is 5.73. The largest absolute Gasteiger partial charge is 0.389 e. The van der Waals surface area contributed by atoms with E-state index in [1.165, 1.54) is 12.8 Å². The van der Waals surface area contributed by atoms with E-state index in [0.29, 0.717) is 4.99 Å². The summed E-state index contributed by atoms with van der Waals surface area (Å²) in [6.07, 6.45) is 2.77. The van der Waals surface area contributed by atoms with E-state index in [1.807, 2.05) is 19.1 Å². The number of nitrogens with zero attached hydrogens (tertiary/aromatic N) is 3. The molecule has 1 saturated carbocycles. The lowest BCUT2D eigenvalue weighted by Crippen LogP contribution is -2.47. The average molecular weight is 276 g/mol. The van der Waals surface area contributed by atoms with E-state index >= 15 is 0 Å². The Morgan fingerprint density at radius 2 is 1.95 bits per heavy atom. The van der Waals surface area contributed by atoms with Crippen molar-refractivity contribution in [1.82, 2.24) is 9.88 Å². The third-order valence-corrected chi connectivity index (χ3v) is 4.16. The second-order valence-corrected chi connectivity index (χ2v) is 5.91. The number of aromatic nitrogens is 1. The molecule has 0 unspecified atom stereocenters.